The predicted octanol–water partition coefficient (Wildman–Crippen LogP) is 2.10. The van der Waals surface area contributed by atoms with E-state index in [0.29, 0.717) is 6.29 Å². The van der Waals surface area contributed by atoms with Crippen molar-refractivity contribution in [1.29, 1.82) is 0 Å². The second-order valence-electron chi connectivity index (χ2n) is 9.97. The number of aldehydes is 2. The molecule has 10 nitrogen and oxygen atoms in total. The van der Waals surface area contributed by atoms with Crippen LogP contribution in [0.5, 0.6) is 0 Å². The van der Waals surface area contributed by atoms with Crippen molar-refractivity contribution >= 4 is 30.1 Å². The molecule has 2 amide bonds. The number of likely N-dealkylation sites (N-methyl/N-ethyl adjacent to an activating group) is 2. The molecule has 0 radical (unpaired) electrons. The lowest BCUT2D eigenvalue weighted by Gasteiger charge is -2.48. The van der Waals surface area contributed by atoms with Crippen LogP contribution in [0.2, 0.25) is 0 Å². The van der Waals surface area contributed by atoms with Gasteiger partial charge in [-0.2, -0.15) is 0 Å². The Labute approximate surface area is 233 Å². The van der Waals surface area contributed by atoms with Gasteiger partial charge in [0.15, 0.2) is 6.29 Å². The highest BCUT2D eigenvalue weighted by Crippen LogP contribution is 2.33. The molecule has 1 aromatic rings. The summed E-state index contributed by atoms with van der Waals surface area (Å²) in [6.07, 6.45) is 5.70. The summed E-state index contributed by atoms with van der Waals surface area (Å²) < 4.78 is 6.27. The molecule has 1 atom stereocenters. The number of piperidine rings is 1. The summed E-state index contributed by atoms with van der Waals surface area (Å²) >= 11 is 0. The van der Waals surface area contributed by atoms with Crippen molar-refractivity contribution in [2.75, 3.05) is 64.9 Å². The lowest BCUT2D eigenvalue weighted by Crippen LogP contribution is -2.57. The molecule has 0 saturated carbocycles. The molecular weight excluding hydrogens is 498 g/mol. The molecule has 2 aliphatic rings. The van der Waals surface area contributed by atoms with E-state index < -0.39 is 11.9 Å². The molecule has 10 heteroatoms. The molecule has 3 rings (SSSR count). The van der Waals surface area contributed by atoms with Gasteiger partial charge in [0.25, 0.3) is 5.91 Å². The first kappa shape index (κ1) is 32.4. The number of morpholine rings is 1. The summed E-state index contributed by atoms with van der Waals surface area (Å²) in [5, 5.41) is 2.54. The summed E-state index contributed by atoms with van der Waals surface area (Å²) in [4.78, 5) is 54.3. The van der Waals surface area contributed by atoms with Gasteiger partial charge in [-0.1, -0.05) is 13.8 Å². The summed E-state index contributed by atoms with van der Waals surface area (Å²) in [5.74, 6) is -0.789. The third kappa shape index (κ3) is 8.58. The highest BCUT2D eigenvalue weighted by molar-refractivity contribution is 6.03. The number of unbranched alkanes of at least 4 members (excludes halogenated alkanes) is 1. The first-order valence-electron chi connectivity index (χ1n) is 14.2. The van der Waals surface area contributed by atoms with Crippen LogP contribution in [-0.2, 0) is 14.3 Å². The van der Waals surface area contributed by atoms with Gasteiger partial charge < -0.3 is 30.4 Å². The molecule has 2 fully saturated rings. The van der Waals surface area contributed by atoms with Gasteiger partial charge in [0.1, 0.15) is 12.3 Å². The zero-order valence-electron chi connectivity index (χ0n) is 24.1. The van der Waals surface area contributed by atoms with Gasteiger partial charge in [-0.05, 0) is 63.4 Å². The lowest BCUT2D eigenvalue weighted by atomic mass is 9.88. The Kier molecular flexibility index (Phi) is 13.6. The van der Waals surface area contributed by atoms with Crippen molar-refractivity contribution in [3.05, 3.63) is 29.3 Å². The van der Waals surface area contributed by atoms with Crippen molar-refractivity contribution in [1.82, 2.24) is 15.1 Å². The van der Waals surface area contributed by atoms with Crippen LogP contribution in [0, 0.1) is 0 Å². The summed E-state index contributed by atoms with van der Waals surface area (Å²) in [6, 6.07) is 4.45. The van der Waals surface area contributed by atoms with Crippen molar-refractivity contribution in [3.8, 4) is 0 Å². The molecule has 2 saturated heterocycles. The van der Waals surface area contributed by atoms with E-state index in [4.69, 9.17) is 10.5 Å². The van der Waals surface area contributed by atoms with E-state index in [1.807, 2.05) is 19.9 Å². The number of hydrogen-bond acceptors (Lipinski definition) is 8. The predicted molar refractivity (Wildman–Crippen MR) is 153 cm³/mol. The van der Waals surface area contributed by atoms with Gasteiger partial charge in [0, 0.05) is 57.9 Å². The molecule has 1 spiro atoms. The normalized spacial score (nSPS) is 17.5. The Balaban J connectivity index is 0.00000260. The molecule has 2 aliphatic heterocycles. The highest BCUT2D eigenvalue weighted by atomic mass is 16.5. The van der Waals surface area contributed by atoms with Crippen LogP contribution >= 0.6 is 0 Å². The van der Waals surface area contributed by atoms with Crippen molar-refractivity contribution in [2.24, 2.45) is 5.73 Å². The van der Waals surface area contributed by atoms with Gasteiger partial charge >= 0.3 is 0 Å². The standard InChI is InChI=1S/C27H41N5O5.C2H6/c1-29-25(35)24(6-5-16-33)30(2)26(36)23-8-7-22(18-21(23)19-34)32-13-9-27(10-14-32)20-31(15-17-37-27)12-4-3-11-28;1-2/h7-8,16,18-19,24H,3-6,9-15,17,20,28H2,1-2H3,(H,29,35);1-2H3. The fourth-order valence-electron chi connectivity index (χ4n) is 5.33. The van der Waals surface area contributed by atoms with E-state index in [9.17, 15) is 19.2 Å². The highest BCUT2D eigenvalue weighted by Gasteiger charge is 2.39. The Morgan fingerprint density at radius 2 is 1.90 bits per heavy atom. The van der Waals surface area contributed by atoms with Gasteiger partial charge in [0.2, 0.25) is 5.91 Å². The van der Waals surface area contributed by atoms with Crippen LogP contribution in [-0.4, -0.2) is 106 Å². The zero-order valence-corrected chi connectivity index (χ0v) is 24.1. The minimum atomic E-state index is -0.800. The number of benzene rings is 1. The second-order valence-corrected chi connectivity index (χ2v) is 9.97. The van der Waals surface area contributed by atoms with Gasteiger partial charge in [-0.25, -0.2) is 0 Å². The van der Waals surface area contributed by atoms with Crippen LogP contribution in [0.1, 0.15) is 73.1 Å². The molecule has 218 valence electrons. The Hall–Kier alpha value is -2.82. The molecule has 0 aromatic heterocycles. The summed E-state index contributed by atoms with van der Waals surface area (Å²) in [6.45, 7) is 10.0. The molecule has 1 unspecified atom stereocenters. The monoisotopic (exact) mass is 545 g/mol. The van der Waals surface area contributed by atoms with E-state index >= 15 is 0 Å². The number of anilines is 1. The first-order chi connectivity index (χ1) is 18.9. The Morgan fingerprint density at radius 3 is 2.51 bits per heavy atom. The summed E-state index contributed by atoms with van der Waals surface area (Å²) in [5.41, 5.74) is 6.90. The minimum Gasteiger partial charge on any atom is -0.372 e. The SMILES string of the molecule is CC.CNC(=O)C(CCC=O)N(C)C(=O)c1ccc(N2CCC3(CC2)CN(CCCCN)CCO3)cc1C=O. The molecule has 3 N–H and O–H groups in total. The molecule has 0 bridgehead atoms. The van der Waals surface area contributed by atoms with E-state index in [-0.39, 0.29) is 35.5 Å². The van der Waals surface area contributed by atoms with Crippen molar-refractivity contribution in [2.45, 2.75) is 64.0 Å². The molecule has 1 aromatic carbocycles. The fourth-order valence-corrected chi connectivity index (χ4v) is 5.33. The maximum atomic E-state index is 13.2. The Bertz CT molecular complexity index is 948. The van der Waals surface area contributed by atoms with Gasteiger partial charge in [0.05, 0.1) is 17.8 Å². The molecule has 39 heavy (non-hydrogen) atoms. The fraction of sp³-hybridized carbons (Fsp3) is 0.655. The molecule has 0 aliphatic carbocycles. The maximum absolute atomic E-state index is 13.2. The summed E-state index contributed by atoms with van der Waals surface area (Å²) in [7, 11) is 3.00. The van der Waals surface area contributed by atoms with Crippen LogP contribution in [0.25, 0.3) is 0 Å². The van der Waals surface area contributed by atoms with E-state index in [2.05, 4.69) is 15.1 Å². The number of hydrogen-bond donors (Lipinski definition) is 2. The number of nitrogens with two attached hydrogens (primary N) is 1. The van der Waals surface area contributed by atoms with Crippen molar-refractivity contribution < 1.29 is 23.9 Å². The molecule has 2 heterocycles. The largest absolute Gasteiger partial charge is 0.372 e. The number of amides is 2. The maximum Gasteiger partial charge on any atom is 0.255 e. The van der Waals surface area contributed by atoms with Gasteiger partial charge in [-0.3, -0.25) is 19.3 Å². The first-order valence-corrected chi connectivity index (χ1v) is 14.2. The third-order valence-electron chi connectivity index (χ3n) is 7.58. The number of carbonyl (C=O) groups excluding carboxylic acids is 4. The average Bonchev–Trinajstić information content (AvgIpc) is 2.98. The van der Waals surface area contributed by atoms with Crippen LogP contribution in [0.4, 0.5) is 5.69 Å². The van der Waals surface area contributed by atoms with Crippen molar-refractivity contribution in [3.63, 3.8) is 0 Å². The van der Waals surface area contributed by atoms with Gasteiger partial charge in [-0.15, -0.1) is 0 Å². The van der Waals surface area contributed by atoms with Crippen LogP contribution in [0.15, 0.2) is 18.2 Å². The van der Waals surface area contributed by atoms with E-state index in [1.54, 1.807) is 12.1 Å². The quantitative estimate of drug-likeness (QED) is 0.302. The van der Waals surface area contributed by atoms with Crippen LogP contribution in [0.3, 0.4) is 0 Å². The number of carbonyl (C=O) groups is 4. The Morgan fingerprint density at radius 1 is 1.18 bits per heavy atom. The third-order valence-corrected chi connectivity index (χ3v) is 7.58. The number of rotatable bonds is 12. The number of nitrogens with zero attached hydrogens (tertiary/aromatic N) is 3. The second kappa shape index (κ2) is 16.3. The minimum absolute atomic E-state index is 0.139. The smallest absolute Gasteiger partial charge is 0.255 e. The van der Waals surface area contributed by atoms with E-state index in [0.717, 1.165) is 83.5 Å². The lowest BCUT2D eigenvalue weighted by molar-refractivity contribution is -0.125. The molecular formula is C29H47N5O5. The van der Waals surface area contributed by atoms with Crippen LogP contribution < -0.4 is 16.0 Å². The number of nitrogens with one attached hydrogen (secondary N) is 1. The van der Waals surface area contributed by atoms with E-state index in [1.165, 1.54) is 19.0 Å². The number of ether oxygens (including phenoxy) is 1. The topological polar surface area (TPSA) is 125 Å². The zero-order chi connectivity index (χ0) is 28.8. The average molecular weight is 546 g/mol.